The SMILES string of the molecule is CC1=CCCC(C)(C)[C@H]1\C=C/C(C)=C/C=C/C(C)=C/C=C/C=C(C)\C=C\C=C(C)\C=C/C1=C(C)CCCC1(C)C. The molecule has 0 spiro atoms. The molecule has 1 atom stereocenters. The van der Waals surface area contributed by atoms with Crippen LogP contribution in [0.2, 0.25) is 0 Å². The molecule has 0 aromatic rings. The Labute approximate surface area is 247 Å². The lowest BCUT2D eigenvalue weighted by Crippen LogP contribution is -2.26. The third-order valence-electron chi connectivity index (χ3n) is 8.46. The van der Waals surface area contributed by atoms with E-state index in [1.54, 1.807) is 5.57 Å². The zero-order chi connectivity index (χ0) is 29.8. The van der Waals surface area contributed by atoms with Crippen LogP contribution in [-0.4, -0.2) is 0 Å². The Morgan fingerprint density at radius 2 is 1.23 bits per heavy atom. The number of hydrogen-bond donors (Lipinski definition) is 0. The monoisotopic (exact) mass is 536 g/mol. The predicted molar refractivity (Wildman–Crippen MR) is 181 cm³/mol. The van der Waals surface area contributed by atoms with Crippen molar-refractivity contribution >= 4 is 0 Å². The number of rotatable bonds is 10. The summed E-state index contributed by atoms with van der Waals surface area (Å²) in [6, 6.07) is 0. The van der Waals surface area contributed by atoms with Crippen molar-refractivity contribution in [3.05, 3.63) is 130 Å². The van der Waals surface area contributed by atoms with Crippen molar-refractivity contribution in [3.8, 4) is 0 Å². The van der Waals surface area contributed by atoms with Gasteiger partial charge >= 0.3 is 0 Å². The smallest absolute Gasteiger partial charge is 0.00285 e. The molecule has 0 unspecified atom stereocenters. The van der Waals surface area contributed by atoms with Gasteiger partial charge in [-0.3, -0.25) is 0 Å². The molecule has 0 heterocycles. The lowest BCUT2D eigenvalue weighted by Gasteiger charge is -2.36. The molecular formula is C40H56. The first-order chi connectivity index (χ1) is 18.8. The first kappa shape index (κ1) is 33.3. The van der Waals surface area contributed by atoms with Crippen molar-refractivity contribution in [2.75, 3.05) is 0 Å². The lowest BCUT2D eigenvalue weighted by molar-refractivity contribution is 0.255. The van der Waals surface area contributed by atoms with E-state index in [0.29, 0.717) is 16.7 Å². The molecule has 0 radical (unpaired) electrons. The Bertz CT molecular complexity index is 1200. The van der Waals surface area contributed by atoms with E-state index < -0.39 is 0 Å². The quantitative estimate of drug-likeness (QED) is 0.192. The highest BCUT2D eigenvalue weighted by atomic mass is 14.3. The highest BCUT2D eigenvalue weighted by molar-refractivity contribution is 5.37. The van der Waals surface area contributed by atoms with Crippen LogP contribution < -0.4 is 0 Å². The van der Waals surface area contributed by atoms with Crippen LogP contribution in [0.1, 0.15) is 101 Å². The second-order valence-electron chi connectivity index (χ2n) is 13.3. The second kappa shape index (κ2) is 15.8. The Morgan fingerprint density at radius 1 is 0.700 bits per heavy atom. The van der Waals surface area contributed by atoms with Crippen LogP contribution >= 0.6 is 0 Å². The summed E-state index contributed by atoms with van der Waals surface area (Å²) in [6.07, 6.45) is 39.5. The van der Waals surface area contributed by atoms with Crippen LogP contribution in [0.25, 0.3) is 0 Å². The molecule has 0 saturated carbocycles. The lowest BCUT2D eigenvalue weighted by atomic mass is 9.68. The fourth-order valence-electron chi connectivity index (χ4n) is 5.80. The first-order valence-electron chi connectivity index (χ1n) is 15.3. The molecule has 0 bridgehead atoms. The maximum atomic E-state index is 2.41. The van der Waals surface area contributed by atoms with Crippen molar-refractivity contribution in [1.82, 2.24) is 0 Å². The first-order valence-corrected chi connectivity index (χ1v) is 15.3. The van der Waals surface area contributed by atoms with E-state index in [4.69, 9.17) is 0 Å². The van der Waals surface area contributed by atoms with Crippen molar-refractivity contribution in [2.45, 2.75) is 101 Å². The van der Waals surface area contributed by atoms with Gasteiger partial charge in [0.2, 0.25) is 0 Å². The third-order valence-corrected chi connectivity index (χ3v) is 8.46. The minimum atomic E-state index is 0.291. The summed E-state index contributed by atoms with van der Waals surface area (Å²) in [5.74, 6) is 0.532. The van der Waals surface area contributed by atoms with Gasteiger partial charge in [0.1, 0.15) is 0 Å². The summed E-state index contributed by atoms with van der Waals surface area (Å²) in [6.45, 7) is 22.7. The average Bonchev–Trinajstić information content (AvgIpc) is 2.85. The normalized spacial score (nSPS) is 23.6. The Morgan fingerprint density at radius 3 is 1.77 bits per heavy atom. The average molecular weight is 537 g/mol. The van der Waals surface area contributed by atoms with Gasteiger partial charge in [-0.1, -0.05) is 152 Å². The van der Waals surface area contributed by atoms with Crippen molar-refractivity contribution < 1.29 is 0 Å². The molecule has 40 heavy (non-hydrogen) atoms. The topological polar surface area (TPSA) is 0 Å². The Balaban J connectivity index is 1.88. The van der Waals surface area contributed by atoms with Crippen molar-refractivity contribution in [1.29, 1.82) is 0 Å². The van der Waals surface area contributed by atoms with Crippen LogP contribution in [0, 0.1) is 16.7 Å². The zero-order valence-corrected chi connectivity index (χ0v) is 27.3. The molecule has 0 fully saturated rings. The van der Waals surface area contributed by atoms with Crippen LogP contribution in [0.4, 0.5) is 0 Å². The Hall–Kier alpha value is -2.86. The van der Waals surface area contributed by atoms with E-state index >= 15 is 0 Å². The maximum Gasteiger partial charge on any atom is 0.00285 e. The van der Waals surface area contributed by atoms with Gasteiger partial charge in [-0.2, -0.15) is 0 Å². The van der Waals surface area contributed by atoms with Crippen LogP contribution in [0.15, 0.2) is 130 Å². The van der Waals surface area contributed by atoms with E-state index in [1.165, 1.54) is 65.5 Å². The summed E-state index contributed by atoms with van der Waals surface area (Å²) >= 11 is 0. The van der Waals surface area contributed by atoms with E-state index in [1.807, 2.05) is 0 Å². The van der Waals surface area contributed by atoms with E-state index in [9.17, 15) is 0 Å². The molecule has 216 valence electrons. The van der Waals surface area contributed by atoms with Crippen molar-refractivity contribution in [3.63, 3.8) is 0 Å². The van der Waals surface area contributed by atoms with Crippen molar-refractivity contribution in [2.24, 2.45) is 16.7 Å². The zero-order valence-electron chi connectivity index (χ0n) is 27.3. The minimum Gasteiger partial charge on any atom is -0.0850 e. The standard InChI is InChI=1S/C40H56/c1-31(19-13-21-33(3)25-27-37-35(5)23-15-29-39(37,7)8)17-11-12-18-32(2)20-14-22-34(4)26-28-38-36(6)24-16-30-40(38,9)10/h11-14,17-23,25-28,37H,15-16,24,29-30H2,1-10H3/b12-11+,19-13+,20-14+,27-25-,28-26-,31-17+,32-18-,33-21+,34-22+/t37-/m0/s1. The molecule has 0 aromatic heterocycles. The molecule has 0 nitrogen and oxygen atoms in total. The van der Waals surface area contributed by atoms with Gasteiger partial charge < -0.3 is 0 Å². The minimum absolute atomic E-state index is 0.291. The molecule has 0 heteroatoms. The summed E-state index contributed by atoms with van der Waals surface area (Å²) in [5.41, 5.74) is 10.2. The van der Waals surface area contributed by atoms with Gasteiger partial charge in [0.25, 0.3) is 0 Å². The van der Waals surface area contributed by atoms with Gasteiger partial charge in [-0.05, 0) is 90.0 Å². The van der Waals surface area contributed by atoms with E-state index in [0.717, 1.165) is 0 Å². The fourth-order valence-corrected chi connectivity index (χ4v) is 5.80. The largest absolute Gasteiger partial charge is 0.0850 e. The summed E-state index contributed by atoms with van der Waals surface area (Å²) in [5, 5.41) is 0. The fraction of sp³-hybridized carbons (Fsp3) is 0.450. The molecular weight excluding hydrogens is 480 g/mol. The summed E-state index contributed by atoms with van der Waals surface area (Å²) in [7, 11) is 0. The van der Waals surface area contributed by atoms with E-state index in [2.05, 4.69) is 160 Å². The van der Waals surface area contributed by atoms with Gasteiger partial charge in [-0.25, -0.2) is 0 Å². The van der Waals surface area contributed by atoms with Gasteiger partial charge in [0.15, 0.2) is 0 Å². The van der Waals surface area contributed by atoms with Gasteiger partial charge in [0, 0.05) is 5.92 Å². The van der Waals surface area contributed by atoms with Crippen LogP contribution in [-0.2, 0) is 0 Å². The van der Waals surface area contributed by atoms with E-state index in [-0.39, 0.29) is 0 Å². The second-order valence-corrected chi connectivity index (χ2v) is 13.3. The maximum absolute atomic E-state index is 2.41. The van der Waals surface area contributed by atoms with Crippen LogP contribution in [0.3, 0.4) is 0 Å². The molecule has 0 aromatic carbocycles. The third kappa shape index (κ3) is 11.3. The molecule has 2 rings (SSSR count). The van der Waals surface area contributed by atoms with Gasteiger partial charge in [0.05, 0.1) is 0 Å². The molecule has 0 N–H and O–H groups in total. The highest BCUT2D eigenvalue weighted by Crippen LogP contribution is 2.42. The number of hydrogen-bond acceptors (Lipinski definition) is 0. The van der Waals surface area contributed by atoms with Gasteiger partial charge in [-0.15, -0.1) is 0 Å². The summed E-state index contributed by atoms with van der Waals surface area (Å²) < 4.78 is 0. The summed E-state index contributed by atoms with van der Waals surface area (Å²) in [4.78, 5) is 0. The molecule has 2 aliphatic rings. The highest BCUT2D eigenvalue weighted by Gasteiger charge is 2.30. The van der Waals surface area contributed by atoms with Crippen LogP contribution in [0.5, 0.6) is 0 Å². The Kier molecular flexibility index (Phi) is 13.2. The predicted octanol–water partition coefficient (Wildman–Crippen LogP) is 12.5. The molecule has 0 saturated heterocycles. The molecule has 2 aliphatic carbocycles. The molecule has 0 amide bonds. The number of allylic oxidation sites excluding steroid dienone is 22. The molecule has 0 aliphatic heterocycles.